The highest BCUT2D eigenvalue weighted by Gasteiger charge is 2.30. The summed E-state index contributed by atoms with van der Waals surface area (Å²) in [6.07, 6.45) is 2.65. The Morgan fingerprint density at radius 1 is 1.12 bits per heavy atom. The van der Waals surface area contributed by atoms with Gasteiger partial charge in [0.15, 0.2) is 0 Å². The van der Waals surface area contributed by atoms with Gasteiger partial charge in [0.25, 0.3) is 5.91 Å². The van der Waals surface area contributed by atoms with Crippen molar-refractivity contribution in [3.8, 4) is 0 Å². The van der Waals surface area contributed by atoms with Gasteiger partial charge in [-0.25, -0.2) is 9.97 Å². The van der Waals surface area contributed by atoms with E-state index < -0.39 is 0 Å². The number of pyridine rings is 1. The van der Waals surface area contributed by atoms with Gasteiger partial charge in [-0.3, -0.25) is 9.78 Å². The van der Waals surface area contributed by atoms with E-state index in [1.54, 1.807) is 6.20 Å². The van der Waals surface area contributed by atoms with Crippen molar-refractivity contribution in [2.24, 2.45) is 0 Å². The average molecular weight is 332 g/mol. The Kier molecular flexibility index (Phi) is 3.92. The molecule has 1 saturated heterocycles. The first-order valence-electron chi connectivity index (χ1n) is 8.57. The number of hydrogen-bond donors (Lipinski definition) is 0. The summed E-state index contributed by atoms with van der Waals surface area (Å²) in [5.41, 5.74) is 3.52. The highest BCUT2D eigenvalue weighted by atomic mass is 16.2. The molecule has 2 aromatic heterocycles. The lowest BCUT2D eigenvalue weighted by atomic mass is 10.1. The summed E-state index contributed by atoms with van der Waals surface area (Å²) in [6.45, 7) is 5.37. The van der Waals surface area contributed by atoms with Gasteiger partial charge >= 0.3 is 0 Å². The predicted octanol–water partition coefficient (Wildman–Crippen LogP) is 3.27. The van der Waals surface area contributed by atoms with Gasteiger partial charge in [-0.2, -0.15) is 0 Å². The summed E-state index contributed by atoms with van der Waals surface area (Å²) in [7, 11) is 0. The van der Waals surface area contributed by atoms with Crippen molar-refractivity contribution in [2.75, 3.05) is 13.1 Å². The fraction of sp³-hybridized carbons (Fsp3) is 0.300. The molecule has 0 saturated carbocycles. The highest BCUT2D eigenvalue weighted by Crippen LogP contribution is 2.27. The zero-order chi connectivity index (χ0) is 17.4. The Hall–Kier alpha value is -2.82. The minimum atomic E-state index is 0.0606. The normalized spacial score (nSPS) is 17.2. The number of amides is 1. The molecule has 3 aromatic rings. The zero-order valence-corrected chi connectivity index (χ0v) is 14.4. The predicted molar refractivity (Wildman–Crippen MR) is 96.5 cm³/mol. The third kappa shape index (κ3) is 2.97. The molecular formula is C20H20N4O. The Morgan fingerprint density at radius 3 is 2.72 bits per heavy atom. The smallest absolute Gasteiger partial charge is 0.254 e. The van der Waals surface area contributed by atoms with Gasteiger partial charge in [0.05, 0.1) is 5.52 Å². The summed E-state index contributed by atoms with van der Waals surface area (Å²) >= 11 is 0. The molecule has 1 aliphatic rings. The van der Waals surface area contributed by atoms with E-state index in [0.717, 1.165) is 41.1 Å². The molecule has 1 aromatic carbocycles. The average Bonchev–Trinajstić information content (AvgIpc) is 3.10. The minimum absolute atomic E-state index is 0.0606. The minimum Gasteiger partial charge on any atom is -0.338 e. The Bertz CT molecular complexity index is 928. The maximum atomic E-state index is 13.0. The lowest BCUT2D eigenvalue weighted by molar-refractivity contribution is 0.0792. The van der Waals surface area contributed by atoms with Crippen LogP contribution in [-0.2, 0) is 0 Å². The van der Waals surface area contributed by atoms with Gasteiger partial charge in [0.2, 0.25) is 0 Å². The van der Waals surface area contributed by atoms with E-state index in [4.69, 9.17) is 0 Å². The fourth-order valence-electron chi connectivity index (χ4n) is 3.55. The number of rotatable bonds is 2. The molecule has 1 amide bonds. The molecule has 1 fully saturated rings. The molecule has 5 nitrogen and oxygen atoms in total. The van der Waals surface area contributed by atoms with Crippen molar-refractivity contribution in [1.82, 2.24) is 19.9 Å². The molecule has 0 spiro atoms. The van der Waals surface area contributed by atoms with Crippen LogP contribution in [0.1, 0.15) is 39.9 Å². The van der Waals surface area contributed by atoms with Crippen LogP contribution >= 0.6 is 0 Å². The Morgan fingerprint density at radius 2 is 1.92 bits per heavy atom. The zero-order valence-electron chi connectivity index (χ0n) is 14.4. The summed E-state index contributed by atoms with van der Waals surface area (Å²) in [5.74, 6) is 1.12. The molecule has 5 heteroatoms. The van der Waals surface area contributed by atoms with Crippen LogP contribution in [0.4, 0.5) is 0 Å². The van der Waals surface area contributed by atoms with Gasteiger partial charge in [-0.15, -0.1) is 0 Å². The molecule has 3 heterocycles. The second-order valence-corrected chi connectivity index (χ2v) is 6.62. The number of carbonyl (C=O) groups excluding carboxylic acids is 1. The number of nitrogens with zero attached hydrogens (tertiary/aromatic N) is 4. The molecule has 25 heavy (non-hydrogen) atoms. The SMILES string of the molecule is Cc1cc(C)nc(C2CCN(C(=O)c3cccc4ncccc34)C2)n1. The topological polar surface area (TPSA) is 59.0 Å². The Labute approximate surface area is 146 Å². The molecule has 0 bridgehead atoms. The fourth-order valence-corrected chi connectivity index (χ4v) is 3.55. The van der Waals surface area contributed by atoms with Crippen LogP contribution in [0.25, 0.3) is 10.9 Å². The number of fused-ring (bicyclic) bond motifs is 1. The first-order valence-corrected chi connectivity index (χ1v) is 8.57. The van der Waals surface area contributed by atoms with Crippen LogP contribution in [0, 0.1) is 13.8 Å². The number of aryl methyl sites for hydroxylation is 2. The molecular weight excluding hydrogens is 312 g/mol. The molecule has 1 unspecified atom stereocenters. The highest BCUT2D eigenvalue weighted by molar-refractivity contribution is 6.06. The number of aromatic nitrogens is 3. The first kappa shape index (κ1) is 15.7. The van der Waals surface area contributed by atoms with Gasteiger partial charge in [-0.1, -0.05) is 12.1 Å². The lowest BCUT2D eigenvalue weighted by Crippen LogP contribution is -2.28. The second kappa shape index (κ2) is 6.24. The van der Waals surface area contributed by atoms with Gasteiger partial charge in [-0.05, 0) is 44.5 Å². The largest absolute Gasteiger partial charge is 0.338 e. The molecule has 4 rings (SSSR count). The van der Waals surface area contributed by atoms with Crippen molar-refractivity contribution < 1.29 is 4.79 Å². The van der Waals surface area contributed by atoms with E-state index in [2.05, 4.69) is 15.0 Å². The molecule has 0 N–H and O–H groups in total. The monoisotopic (exact) mass is 332 g/mol. The van der Waals surface area contributed by atoms with Gasteiger partial charge in [0, 0.05) is 47.5 Å². The number of likely N-dealkylation sites (tertiary alicyclic amines) is 1. The van der Waals surface area contributed by atoms with E-state index in [-0.39, 0.29) is 11.8 Å². The first-order chi connectivity index (χ1) is 12.1. The molecule has 126 valence electrons. The quantitative estimate of drug-likeness (QED) is 0.723. The van der Waals surface area contributed by atoms with E-state index in [0.29, 0.717) is 12.1 Å². The molecule has 1 atom stereocenters. The van der Waals surface area contributed by atoms with Crippen molar-refractivity contribution in [3.63, 3.8) is 0 Å². The molecule has 1 aliphatic heterocycles. The summed E-state index contributed by atoms with van der Waals surface area (Å²) < 4.78 is 0. The maximum absolute atomic E-state index is 13.0. The third-order valence-corrected chi connectivity index (χ3v) is 4.72. The summed E-state index contributed by atoms with van der Waals surface area (Å²) in [6, 6.07) is 11.5. The van der Waals surface area contributed by atoms with Crippen LogP contribution in [0.5, 0.6) is 0 Å². The number of hydrogen-bond acceptors (Lipinski definition) is 4. The Balaban J connectivity index is 1.60. The second-order valence-electron chi connectivity index (χ2n) is 6.62. The van der Waals surface area contributed by atoms with Gasteiger partial charge in [0.1, 0.15) is 5.82 Å². The number of benzene rings is 1. The standard InChI is InChI=1S/C20H20N4O/c1-13-11-14(2)23-19(22-13)15-8-10-24(12-15)20(25)17-5-3-7-18-16(17)6-4-9-21-18/h3-7,9,11,15H,8,10,12H2,1-2H3. The maximum Gasteiger partial charge on any atom is 0.254 e. The van der Waals surface area contributed by atoms with Crippen LogP contribution in [0.3, 0.4) is 0 Å². The van der Waals surface area contributed by atoms with Crippen LogP contribution in [0.2, 0.25) is 0 Å². The van der Waals surface area contributed by atoms with Crippen molar-refractivity contribution in [1.29, 1.82) is 0 Å². The summed E-state index contributed by atoms with van der Waals surface area (Å²) in [5, 5.41) is 0.904. The van der Waals surface area contributed by atoms with Gasteiger partial charge < -0.3 is 4.90 Å². The van der Waals surface area contributed by atoms with Crippen LogP contribution in [0.15, 0.2) is 42.6 Å². The van der Waals surface area contributed by atoms with E-state index in [9.17, 15) is 4.79 Å². The van der Waals surface area contributed by atoms with Crippen molar-refractivity contribution in [3.05, 3.63) is 65.4 Å². The van der Waals surface area contributed by atoms with Crippen molar-refractivity contribution in [2.45, 2.75) is 26.2 Å². The molecule has 0 radical (unpaired) electrons. The molecule has 0 aliphatic carbocycles. The third-order valence-electron chi connectivity index (χ3n) is 4.72. The van der Waals surface area contributed by atoms with E-state index >= 15 is 0 Å². The number of carbonyl (C=O) groups is 1. The van der Waals surface area contributed by atoms with Crippen LogP contribution < -0.4 is 0 Å². The van der Waals surface area contributed by atoms with Crippen molar-refractivity contribution >= 4 is 16.8 Å². The van der Waals surface area contributed by atoms with Crippen LogP contribution in [-0.4, -0.2) is 38.8 Å². The lowest BCUT2D eigenvalue weighted by Gasteiger charge is -2.17. The van der Waals surface area contributed by atoms with E-state index in [1.165, 1.54) is 0 Å². The summed E-state index contributed by atoms with van der Waals surface area (Å²) in [4.78, 5) is 28.4. The van der Waals surface area contributed by atoms with E-state index in [1.807, 2.05) is 55.1 Å².